The monoisotopic (exact) mass is 594 g/mol. The van der Waals surface area contributed by atoms with E-state index in [0.29, 0.717) is 5.69 Å². The second kappa shape index (κ2) is 13.2. The van der Waals surface area contributed by atoms with Gasteiger partial charge in [-0.1, -0.05) is 30.3 Å². The average molecular weight is 594 g/mol. The van der Waals surface area contributed by atoms with Crippen LogP contribution in [0.3, 0.4) is 0 Å². The third-order valence-electron chi connectivity index (χ3n) is 6.00. The number of imidazole rings is 1. The fourth-order valence-corrected chi connectivity index (χ4v) is 4.98. The summed E-state index contributed by atoms with van der Waals surface area (Å²) in [5.74, 6) is -0.359. The van der Waals surface area contributed by atoms with E-state index in [2.05, 4.69) is 20.0 Å². The van der Waals surface area contributed by atoms with Gasteiger partial charge in [0.15, 0.2) is 17.0 Å². The molecular weight excluding hydrogens is 566 g/mol. The number of aliphatic hydroxyl groups excluding tert-OH is 2. The highest BCUT2D eigenvalue weighted by atomic mass is 31.2. The normalized spacial score (nSPS) is 14.6. The van der Waals surface area contributed by atoms with Crippen LogP contribution in [-0.4, -0.2) is 64.6 Å². The molecule has 0 radical (unpaired) electrons. The minimum Gasteiger partial charge on any atom is -0.394 e. The number of rotatable bonds is 15. The molecule has 3 aromatic heterocycles. The van der Waals surface area contributed by atoms with E-state index in [9.17, 15) is 29.3 Å². The number of nitrogens with two attached hydrogens (primary N) is 1. The molecule has 3 atom stereocenters. The van der Waals surface area contributed by atoms with Gasteiger partial charge in [0.05, 0.1) is 26.6 Å². The number of aliphatic hydroxyl groups is 2. The van der Waals surface area contributed by atoms with E-state index >= 15 is 0 Å². The van der Waals surface area contributed by atoms with Gasteiger partial charge in [-0.25, -0.2) is 19.2 Å². The van der Waals surface area contributed by atoms with Gasteiger partial charge in [-0.05, 0) is 16.6 Å². The predicted molar refractivity (Wildman–Crippen MR) is 141 cm³/mol. The first-order valence-corrected chi connectivity index (χ1v) is 13.7. The van der Waals surface area contributed by atoms with Crippen molar-refractivity contribution < 1.29 is 37.9 Å². The highest BCUT2D eigenvalue weighted by Crippen LogP contribution is 2.45. The van der Waals surface area contributed by atoms with Gasteiger partial charge in [0.1, 0.15) is 31.2 Å². The Kier molecular flexibility index (Phi) is 9.72. The van der Waals surface area contributed by atoms with Crippen molar-refractivity contribution in [1.29, 1.82) is 0 Å². The van der Waals surface area contributed by atoms with Gasteiger partial charge in [-0.15, -0.1) is 0 Å². The molecule has 0 fully saturated rings. The number of halogens is 1. The van der Waals surface area contributed by atoms with Crippen LogP contribution < -0.4 is 10.8 Å². The summed E-state index contributed by atoms with van der Waals surface area (Å²) in [6, 6.07) is 11.7. The van der Waals surface area contributed by atoms with Crippen LogP contribution in [0.2, 0.25) is 0 Å². The molecule has 1 unspecified atom stereocenters. The molecule has 220 valence electrons. The summed E-state index contributed by atoms with van der Waals surface area (Å²) < 4.78 is 46.9. The van der Waals surface area contributed by atoms with E-state index in [-0.39, 0.29) is 42.7 Å². The van der Waals surface area contributed by atoms with Crippen LogP contribution >= 0.6 is 7.75 Å². The van der Waals surface area contributed by atoms with E-state index < -0.39 is 44.2 Å². The molecule has 0 amide bonds. The van der Waals surface area contributed by atoms with Gasteiger partial charge < -0.3 is 30.8 Å². The summed E-state index contributed by atoms with van der Waals surface area (Å²) in [6.07, 6.45) is -2.52. The van der Waals surface area contributed by atoms with Crippen molar-refractivity contribution in [2.45, 2.75) is 32.1 Å². The lowest BCUT2D eigenvalue weighted by Crippen LogP contribution is -2.37. The van der Waals surface area contributed by atoms with Crippen LogP contribution in [0.15, 0.2) is 48.8 Å². The molecule has 0 saturated heterocycles. The number of benzene rings is 1. The Bertz CT molecular complexity index is 1530. The van der Waals surface area contributed by atoms with E-state index in [4.69, 9.17) is 19.5 Å². The van der Waals surface area contributed by atoms with E-state index in [0.717, 1.165) is 5.56 Å². The van der Waals surface area contributed by atoms with Gasteiger partial charge in [0.2, 0.25) is 0 Å². The Balaban J connectivity index is 1.48. The second-order valence-corrected chi connectivity index (χ2v) is 10.6. The van der Waals surface area contributed by atoms with Crippen LogP contribution in [0.25, 0.3) is 11.2 Å². The van der Waals surface area contributed by atoms with Gasteiger partial charge in [0.25, 0.3) is 0 Å². The molecule has 4 rings (SSSR count). The van der Waals surface area contributed by atoms with Crippen molar-refractivity contribution in [2.75, 3.05) is 18.9 Å². The number of nitro groups is 1. The number of ether oxygens (including phenoxy) is 1. The summed E-state index contributed by atoms with van der Waals surface area (Å²) in [5, 5.41) is 33.8. The topological polar surface area (TPSA) is 215 Å². The third-order valence-corrected chi connectivity index (χ3v) is 7.51. The van der Waals surface area contributed by atoms with Crippen molar-refractivity contribution in [1.82, 2.24) is 29.2 Å². The molecule has 0 saturated carbocycles. The summed E-state index contributed by atoms with van der Waals surface area (Å²) >= 11 is 0. The molecular formula is C23H28FN8O8P. The fourth-order valence-electron chi connectivity index (χ4n) is 3.70. The molecule has 0 bridgehead atoms. The average Bonchev–Trinajstić information content (AvgIpc) is 3.54. The Morgan fingerprint density at radius 1 is 1.22 bits per heavy atom. The molecule has 3 heterocycles. The van der Waals surface area contributed by atoms with E-state index in [1.165, 1.54) is 34.6 Å². The van der Waals surface area contributed by atoms with Crippen molar-refractivity contribution in [3.05, 3.63) is 76.2 Å². The number of hydrogen-bond donors (Lipinski definition) is 4. The standard InChI is InChI=1S/C23H28FN8O8P/c1-30-16(7-8-19(30)32(35)36)11-39-41(37,27-9-15-5-3-2-4-6-15)40-12-18(17(34)10-33)38-14-31-13-26-20-21(25)28-23(24)29-22(20)31/h2-8,13,17-18,33-34H,9-12,14H2,1H3,(H,27,37)(H2,25,28,29)/t17-,18-,41?/m1/s1. The first-order chi connectivity index (χ1) is 19.6. The third kappa shape index (κ3) is 7.47. The van der Waals surface area contributed by atoms with Gasteiger partial charge in [0, 0.05) is 12.6 Å². The van der Waals surface area contributed by atoms with Crippen LogP contribution in [-0.2, 0) is 45.3 Å². The zero-order valence-corrected chi connectivity index (χ0v) is 22.6. The maximum atomic E-state index is 13.7. The number of aromatic nitrogens is 5. The Hall–Kier alpha value is -3.83. The van der Waals surface area contributed by atoms with Gasteiger partial charge in [-0.2, -0.15) is 14.4 Å². The molecule has 0 aliphatic carbocycles. The first kappa shape index (κ1) is 30.1. The van der Waals surface area contributed by atoms with Gasteiger partial charge in [-0.3, -0.25) is 13.6 Å². The molecule has 41 heavy (non-hydrogen) atoms. The highest BCUT2D eigenvalue weighted by molar-refractivity contribution is 7.51. The lowest BCUT2D eigenvalue weighted by Gasteiger charge is -2.25. The largest absolute Gasteiger partial charge is 0.406 e. The number of nitrogen functional groups attached to an aromatic ring is 1. The number of anilines is 1. The minimum absolute atomic E-state index is 0.0309. The Morgan fingerprint density at radius 2 is 1.98 bits per heavy atom. The lowest BCUT2D eigenvalue weighted by atomic mass is 10.2. The smallest absolute Gasteiger partial charge is 0.394 e. The van der Waals surface area contributed by atoms with Crippen molar-refractivity contribution in [3.63, 3.8) is 0 Å². The number of hydrogen-bond acceptors (Lipinski definition) is 12. The number of fused-ring (bicyclic) bond motifs is 1. The Labute approximate surface area is 232 Å². The van der Waals surface area contributed by atoms with Crippen LogP contribution in [0, 0.1) is 16.2 Å². The molecule has 1 aromatic carbocycles. The first-order valence-electron chi connectivity index (χ1n) is 12.1. The van der Waals surface area contributed by atoms with Crippen LogP contribution in [0.5, 0.6) is 0 Å². The zero-order chi connectivity index (χ0) is 29.6. The zero-order valence-electron chi connectivity index (χ0n) is 21.7. The summed E-state index contributed by atoms with van der Waals surface area (Å²) in [4.78, 5) is 21.7. The lowest BCUT2D eigenvalue weighted by molar-refractivity contribution is -0.391. The minimum atomic E-state index is -4.14. The van der Waals surface area contributed by atoms with Gasteiger partial charge >= 0.3 is 19.6 Å². The molecule has 0 aliphatic rings. The second-order valence-electron chi connectivity index (χ2n) is 8.73. The van der Waals surface area contributed by atoms with Crippen molar-refractivity contribution in [2.24, 2.45) is 7.05 Å². The quantitative estimate of drug-likeness (QED) is 0.0667. The fraction of sp³-hybridized carbons (Fsp3) is 0.348. The van der Waals surface area contributed by atoms with E-state index in [1.807, 2.05) is 6.07 Å². The van der Waals surface area contributed by atoms with E-state index in [1.54, 1.807) is 24.3 Å². The SMILES string of the molecule is Cn1c(COP(=O)(NCc2ccccc2)OC[C@@H](OCn2cnc3c(N)nc(F)nc32)[C@H](O)CO)ccc1[N+](=O)[O-]. The summed E-state index contributed by atoms with van der Waals surface area (Å²) in [7, 11) is -2.67. The van der Waals surface area contributed by atoms with Crippen LogP contribution in [0.1, 0.15) is 11.3 Å². The number of nitrogens with one attached hydrogen (secondary N) is 1. The highest BCUT2D eigenvalue weighted by Gasteiger charge is 2.30. The molecule has 0 spiro atoms. The van der Waals surface area contributed by atoms with Crippen molar-refractivity contribution >= 4 is 30.5 Å². The summed E-state index contributed by atoms with van der Waals surface area (Å²) in [5.41, 5.74) is 6.95. The molecule has 18 heteroatoms. The molecule has 4 aromatic rings. The molecule has 16 nitrogen and oxygen atoms in total. The predicted octanol–water partition coefficient (Wildman–Crippen LogP) is 1.62. The van der Waals surface area contributed by atoms with Crippen LogP contribution in [0.4, 0.5) is 16.0 Å². The maximum Gasteiger partial charge on any atom is 0.406 e. The number of nitrogens with zero attached hydrogens (tertiary/aromatic N) is 6. The maximum absolute atomic E-state index is 13.7. The molecule has 0 aliphatic heterocycles. The van der Waals surface area contributed by atoms with Crippen molar-refractivity contribution in [3.8, 4) is 0 Å². The Morgan fingerprint density at radius 3 is 2.66 bits per heavy atom. The molecule has 5 N–H and O–H groups in total. The summed E-state index contributed by atoms with van der Waals surface area (Å²) in [6.45, 7) is -1.81.